The van der Waals surface area contributed by atoms with Crippen molar-refractivity contribution in [2.45, 2.75) is 13.8 Å². The van der Waals surface area contributed by atoms with Crippen molar-refractivity contribution in [2.24, 2.45) is 5.92 Å². The molecule has 2 rings (SSSR count). The van der Waals surface area contributed by atoms with Crippen molar-refractivity contribution in [3.63, 3.8) is 0 Å². The quantitative estimate of drug-likeness (QED) is 0.446. The lowest BCUT2D eigenvalue weighted by Gasteiger charge is -2.08. The highest BCUT2D eigenvalue weighted by atomic mass is 16.5. The number of methoxy groups -OCH3 is 1. The predicted molar refractivity (Wildman–Crippen MR) is 107 cm³/mol. The Bertz CT molecular complexity index is 892. The smallest absolute Gasteiger partial charge is 0.338 e. The Hall–Kier alpha value is -3.59. The standard InChI is InChI=1S/C22H22N2O4/c1-15(2)14-28-22(26)17-6-8-19(9-7-17)24-21(25)18(13-23)12-16-4-10-20(27-3)11-5-16/h4-12,15H,14H2,1-3H3,(H,24,25). The van der Waals surface area contributed by atoms with Crippen molar-refractivity contribution in [3.8, 4) is 11.8 Å². The van der Waals surface area contributed by atoms with Crippen LogP contribution in [-0.2, 0) is 9.53 Å². The number of ether oxygens (including phenoxy) is 2. The Morgan fingerprint density at radius 3 is 2.29 bits per heavy atom. The van der Waals surface area contributed by atoms with Gasteiger partial charge in [-0.25, -0.2) is 4.79 Å². The molecule has 0 saturated heterocycles. The van der Waals surface area contributed by atoms with Gasteiger partial charge in [0.05, 0.1) is 19.3 Å². The molecule has 1 amide bonds. The molecule has 0 spiro atoms. The summed E-state index contributed by atoms with van der Waals surface area (Å²) in [4.78, 5) is 24.3. The van der Waals surface area contributed by atoms with Gasteiger partial charge in [0.15, 0.2) is 0 Å². The van der Waals surface area contributed by atoms with Crippen LogP contribution in [0.25, 0.3) is 6.08 Å². The lowest BCUT2D eigenvalue weighted by molar-refractivity contribution is -0.112. The lowest BCUT2D eigenvalue weighted by atomic mass is 10.1. The molecule has 0 aliphatic heterocycles. The van der Waals surface area contributed by atoms with Crippen LogP contribution in [0.15, 0.2) is 54.1 Å². The molecule has 0 atom stereocenters. The van der Waals surface area contributed by atoms with Crippen LogP contribution in [0.3, 0.4) is 0 Å². The molecule has 0 aliphatic rings. The van der Waals surface area contributed by atoms with Crippen molar-refractivity contribution < 1.29 is 19.1 Å². The molecule has 0 bridgehead atoms. The van der Waals surface area contributed by atoms with Gasteiger partial charge in [0.25, 0.3) is 5.91 Å². The van der Waals surface area contributed by atoms with Crippen LogP contribution in [0.5, 0.6) is 5.75 Å². The molecule has 144 valence electrons. The molecule has 0 aromatic heterocycles. The molecule has 0 fully saturated rings. The van der Waals surface area contributed by atoms with Gasteiger partial charge in [0.1, 0.15) is 17.4 Å². The Labute approximate surface area is 164 Å². The fraction of sp³-hybridized carbons (Fsp3) is 0.227. The maximum Gasteiger partial charge on any atom is 0.338 e. The van der Waals surface area contributed by atoms with E-state index in [4.69, 9.17) is 9.47 Å². The normalized spacial score (nSPS) is 10.9. The Morgan fingerprint density at radius 2 is 1.75 bits per heavy atom. The van der Waals surface area contributed by atoms with Crippen LogP contribution in [-0.4, -0.2) is 25.6 Å². The van der Waals surface area contributed by atoms with Gasteiger partial charge in [-0.15, -0.1) is 0 Å². The van der Waals surface area contributed by atoms with Crippen LogP contribution in [0, 0.1) is 17.2 Å². The number of nitriles is 1. The largest absolute Gasteiger partial charge is 0.497 e. The first-order valence-electron chi connectivity index (χ1n) is 8.77. The fourth-order valence-electron chi connectivity index (χ4n) is 2.23. The van der Waals surface area contributed by atoms with Gasteiger partial charge in [-0.1, -0.05) is 26.0 Å². The first-order valence-corrected chi connectivity index (χ1v) is 8.77. The topological polar surface area (TPSA) is 88.4 Å². The summed E-state index contributed by atoms with van der Waals surface area (Å²) in [6, 6.07) is 15.2. The third-order valence-electron chi connectivity index (χ3n) is 3.72. The van der Waals surface area contributed by atoms with E-state index in [1.807, 2.05) is 19.9 Å². The number of benzene rings is 2. The number of esters is 1. The summed E-state index contributed by atoms with van der Waals surface area (Å²) < 4.78 is 10.2. The van der Waals surface area contributed by atoms with E-state index in [0.29, 0.717) is 29.2 Å². The maximum atomic E-state index is 12.3. The maximum absolute atomic E-state index is 12.3. The van der Waals surface area contributed by atoms with E-state index in [2.05, 4.69) is 5.32 Å². The van der Waals surface area contributed by atoms with Gasteiger partial charge in [-0.2, -0.15) is 5.26 Å². The third-order valence-corrected chi connectivity index (χ3v) is 3.72. The molecule has 1 N–H and O–H groups in total. The summed E-state index contributed by atoms with van der Waals surface area (Å²) in [6.45, 7) is 4.26. The number of rotatable bonds is 7. The molecule has 0 aliphatic carbocycles. The minimum Gasteiger partial charge on any atom is -0.497 e. The van der Waals surface area contributed by atoms with E-state index >= 15 is 0 Å². The Balaban J connectivity index is 2.04. The zero-order chi connectivity index (χ0) is 20.5. The summed E-state index contributed by atoms with van der Waals surface area (Å²) in [7, 11) is 1.56. The minimum absolute atomic E-state index is 0.0365. The molecule has 6 heteroatoms. The van der Waals surface area contributed by atoms with E-state index < -0.39 is 11.9 Å². The Morgan fingerprint density at radius 1 is 1.11 bits per heavy atom. The zero-order valence-electron chi connectivity index (χ0n) is 16.1. The molecule has 2 aromatic carbocycles. The molecule has 28 heavy (non-hydrogen) atoms. The number of carbonyl (C=O) groups is 2. The highest BCUT2D eigenvalue weighted by Gasteiger charge is 2.11. The summed E-state index contributed by atoms with van der Waals surface area (Å²) in [5.74, 6) is -0.00586. The highest BCUT2D eigenvalue weighted by Crippen LogP contribution is 2.16. The van der Waals surface area contributed by atoms with Gasteiger partial charge >= 0.3 is 5.97 Å². The van der Waals surface area contributed by atoms with E-state index in [1.165, 1.54) is 6.08 Å². The average molecular weight is 378 g/mol. The van der Waals surface area contributed by atoms with E-state index in [9.17, 15) is 14.9 Å². The highest BCUT2D eigenvalue weighted by molar-refractivity contribution is 6.09. The second-order valence-corrected chi connectivity index (χ2v) is 6.47. The number of carbonyl (C=O) groups excluding carboxylic acids is 2. The number of nitrogens with zero attached hydrogens (tertiary/aromatic N) is 1. The van der Waals surface area contributed by atoms with Crippen LogP contribution in [0.4, 0.5) is 5.69 Å². The number of hydrogen-bond acceptors (Lipinski definition) is 5. The zero-order valence-corrected chi connectivity index (χ0v) is 16.1. The molecule has 0 radical (unpaired) electrons. The van der Waals surface area contributed by atoms with Gasteiger partial charge in [-0.05, 0) is 54.0 Å². The van der Waals surface area contributed by atoms with Crippen LogP contribution >= 0.6 is 0 Å². The van der Waals surface area contributed by atoms with Gasteiger partial charge in [0, 0.05) is 5.69 Å². The Kier molecular flexibility index (Phi) is 7.35. The molecule has 0 unspecified atom stereocenters. The lowest BCUT2D eigenvalue weighted by Crippen LogP contribution is -2.14. The summed E-state index contributed by atoms with van der Waals surface area (Å²) in [5.41, 5.74) is 1.54. The van der Waals surface area contributed by atoms with Gasteiger partial charge < -0.3 is 14.8 Å². The number of hydrogen-bond donors (Lipinski definition) is 1. The monoisotopic (exact) mass is 378 g/mol. The van der Waals surface area contributed by atoms with Crippen LogP contribution in [0.1, 0.15) is 29.8 Å². The van der Waals surface area contributed by atoms with Crippen molar-refractivity contribution in [1.82, 2.24) is 0 Å². The van der Waals surface area contributed by atoms with E-state index in [0.717, 1.165) is 0 Å². The summed E-state index contributed by atoms with van der Waals surface area (Å²) in [5, 5.41) is 11.9. The van der Waals surface area contributed by atoms with Crippen molar-refractivity contribution in [2.75, 3.05) is 19.0 Å². The van der Waals surface area contributed by atoms with E-state index in [-0.39, 0.29) is 11.5 Å². The first kappa shape index (κ1) is 20.7. The number of nitrogens with one attached hydrogen (secondary N) is 1. The average Bonchev–Trinajstić information content (AvgIpc) is 2.71. The number of amides is 1. The molecular formula is C22H22N2O4. The second kappa shape index (κ2) is 9.93. The van der Waals surface area contributed by atoms with Gasteiger partial charge in [-0.3, -0.25) is 4.79 Å². The molecular weight excluding hydrogens is 356 g/mol. The van der Waals surface area contributed by atoms with Crippen molar-refractivity contribution in [1.29, 1.82) is 5.26 Å². The van der Waals surface area contributed by atoms with Crippen molar-refractivity contribution in [3.05, 3.63) is 65.2 Å². The third kappa shape index (κ3) is 5.99. The molecule has 6 nitrogen and oxygen atoms in total. The van der Waals surface area contributed by atoms with E-state index in [1.54, 1.807) is 55.6 Å². The van der Waals surface area contributed by atoms with Crippen LogP contribution < -0.4 is 10.1 Å². The van der Waals surface area contributed by atoms with Crippen molar-refractivity contribution >= 4 is 23.6 Å². The molecule has 0 heterocycles. The fourth-order valence-corrected chi connectivity index (χ4v) is 2.23. The molecule has 2 aromatic rings. The van der Waals surface area contributed by atoms with Crippen LogP contribution in [0.2, 0.25) is 0 Å². The first-order chi connectivity index (χ1) is 13.4. The number of anilines is 1. The predicted octanol–water partition coefficient (Wildman–Crippen LogP) is 4.05. The SMILES string of the molecule is COc1ccc(C=C(C#N)C(=O)Nc2ccc(C(=O)OCC(C)C)cc2)cc1. The molecule has 0 saturated carbocycles. The second-order valence-electron chi connectivity index (χ2n) is 6.47. The summed E-state index contributed by atoms with van der Waals surface area (Å²) in [6.07, 6.45) is 1.49. The summed E-state index contributed by atoms with van der Waals surface area (Å²) >= 11 is 0. The minimum atomic E-state index is -0.534. The van der Waals surface area contributed by atoms with Gasteiger partial charge in [0.2, 0.25) is 0 Å².